The molecule has 0 fully saturated rings. The van der Waals surface area contributed by atoms with Gasteiger partial charge in [-0.25, -0.2) is 0 Å². The number of hydrogen-bond acceptors (Lipinski definition) is 1. The Morgan fingerprint density at radius 2 is 1.80 bits per heavy atom. The summed E-state index contributed by atoms with van der Waals surface area (Å²) in [6, 6.07) is 6.50. The minimum Gasteiger partial charge on any atom is -0.341 e. The summed E-state index contributed by atoms with van der Waals surface area (Å²) in [7, 11) is 2.00. The van der Waals surface area contributed by atoms with Gasteiger partial charge < -0.3 is 4.90 Å². The Bertz CT molecular complexity index is 728. The Morgan fingerprint density at radius 3 is 2.36 bits per heavy atom. The Labute approximate surface area is 159 Å². The third-order valence-electron chi connectivity index (χ3n) is 4.05. The zero-order valence-electron chi connectivity index (χ0n) is 16.7. The fraction of sp³-hybridized carbons (Fsp3) is 0.348. The highest BCUT2D eigenvalue weighted by Gasteiger charge is 2.09. The largest absolute Gasteiger partial charge is 0.341 e. The van der Waals surface area contributed by atoms with Crippen LogP contribution >= 0.6 is 12.2 Å². The molecule has 25 heavy (non-hydrogen) atoms. The van der Waals surface area contributed by atoms with Crippen molar-refractivity contribution in [2.24, 2.45) is 0 Å². The first-order chi connectivity index (χ1) is 11.8. The maximum atomic E-state index is 5.12. The average molecular weight is 354 g/mol. The fourth-order valence-corrected chi connectivity index (χ4v) is 2.73. The molecule has 1 nitrogen and oxygen atoms in total. The molecular formula is C23H31NS. The van der Waals surface area contributed by atoms with Crippen molar-refractivity contribution in [3.05, 3.63) is 70.3 Å². The maximum Gasteiger partial charge on any atom is 0.0682 e. The SMILES string of the molecule is CC\C=C(C)/C(=C\C=C(C)C)/C=C(\C)c1cc(C)ccc1N(C)C=S. The Morgan fingerprint density at radius 1 is 1.12 bits per heavy atom. The van der Waals surface area contributed by atoms with Crippen molar-refractivity contribution < 1.29 is 0 Å². The van der Waals surface area contributed by atoms with Crippen LogP contribution in [0.15, 0.2) is 59.2 Å². The summed E-state index contributed by atoms with van der Waals surface area (Å²) in [5, 5.41) is 0. The molecule has 0 aliphatic rings. The van der Waals surface area contributed by atoms with Crippen LogP contribution < -0.4 is 4.90 Å². The van der Waals surface area contributed by atoms with E-state index in [9.17, 15) is 0 Å². The standard InChI is InChI=1S/C23H31NS/c1-8-9-19(5)21(12-10-17(2)3)15-20(6)22-14-18(4)11-13-23(22)24(7)16-25/h9-16H,8H2,1-7H3/b19-9-,20-15+,21-12-. The molecule has 0 amide bonds. The van der Waals surface area contributed by atoms with E-state index in [2.05, 4.69) is 84.0 Å². The van der Waals surface area contributed by atoms with E-state index in [1.807, 2.05) is 11.9 Å². The van der Waals surface area contributed by atoms with E-state index in [4.69, 9.17) is 12.2 Å². The highest BCUT2D eigenvalue weighted by molar-refractivity contribution is 7.79. The number of allylic oxidation sites excluding steroid dienone is 8. The summed E-state index contributed by atoms with van der Waals surface area (Å²) in [5.74, 6) is 0. The number of nitrogens with zero attached hydrogens (tertiary/aromatic N) is 1. The van der Waals surface area contributed by atoms with Gasteiger partial charge in [0.1, 0.15) is 0 Å². The van der Waals surface area contributed by atoms with E-state index >= 15 is 0 Å². The molecule has 0 bridgehead atoms. The van der Waals surface area contributed by atoms with Crippen LogP contribution in [-0.4, -0.2) is 12.5 Å². The van der Waals surface area contributed by atoms with Crippen LogP contribution in [0.4, 0.5) is 5.69 Å². The first-order valence-electron chi connectivity index (χ1n) is 8.79. The van der Waals surface area contributed by atoms with Crippen molar-refractivity contribution >= 4 is 29.0 Å². The van der Waals surface area contributed by atoms with Crippen molar-refractivity contribution in [2.75, 3.05) is 11.9 Å². The minimum absolute atomic E-state index is 1.04. The number of benzene rings is 1. The maximum absolute atomic E-state index is 5.12. The van der Waals surface area contributed by atoms with Gasteiger partial charge in [-0.05, 0) is 69.9 Å². The van der Waals surface area contributed by atoms with Gasteiger partial charge in [0, 0.05) is 18.3 Å². The zero-order chi connectivity index (χ0) is 19.0. The van der Waals surface area contributed by atoms with Gasteiger partial charge >= 0.3 is 0 Å². The second-order valence-corrected chi connectivity index (χ2v) is 6.94. The third-order valence-corrected chi connectivity index (χ3v) is 4.37. The summed E-state index contributed by atoms with van der Waals surface area (Å²) in [5.41, 5.74) is 10.4. The molecule has 1 aromatic carbocycles. The first-order valence-corrected chi connectivity index (χ1v) is 9.27. The summed E-state index contributed by atoms with van der Waals surface area (Å²) in [6.45, 7) is 12.9. The Kier molecular flexibility index (Phi) is 8.57. The molecular weight excluding hydrogens is 322 g/mol. The number of thiocarbonyl (C=S) groups is 1. The molecule has 134 valence electrons. The molecule has 0 spiro atoms. The lowest BCUT2D eigenvalue weighted by Gasteiger charge is -2.19. The van der Waals surface area contributed by atoms with E-state index in [0.29, 0.717) is 0 Å². The van der Waals surface area contributed by atoms with Crippen LogP contribution in [0.2, 0.25) is 0 Å². The predicted octanol–water partition coefficient (Wildman–Crippen LogP) is 7.04. The summed E-state index contributed by atoms with van der Waals surface area (Å²) >= 11 is 5.12. The van der Waals surface area contributed by atoms with Gasteiger partial charge in [0.05, 0.1) is 5.49 Å². The van der Waals surface area contributed by atoms with E-state index in [1.165, 1.54) is 33.4 Å². The highest BCUT2D eigenvalue weighted by Crippen LogP contribution is 2.29. The van der Waals surface area contributed by atoms with Gasteiger partial charge in [0.2, 0.25) is 0 Å². The molecule has 0 N–H and O–H groups in total. The lowest BCUT2D eigenvalue weighted by molar-refractivity contribution is 1.19. The van der Waals surface area contributed by atoms with Crippen LogP contribution in [0, 0.1) is 6.92 Å². The van der Waals surface area contributed by atoms with Crippen molar-refractivity contribution in [3.8, 4) is 0 Å². The molecule has 0 unspecified atom stereocenters. The fourth-order valence-electron chi connectivity index (χ4n) is 2.61. The van der Waals surface area contributed by atoms with Gasteiger partial charge in [0.25, 0.3) is 0 Å². The first kappa shape index (κ1) is 21.1. The molecule has 0 radical (unpaired) electrons. The molecule has 0 heterocycles. The van der Waals surface area contributed by atoms with E-state index in [0.717, 1.165) is 12.1 Å². The topological polar surface area (TPSA) is 3.24 Å². The van der Waals surface area contributed by atoms with Crippen molar-refractivity contribution in [1.29, 1.82) is 0 Å². The molecule has 0 aliphatic heterocycles. The Balaban J connectivity index is 3.48. The number of rotatable bonds is 7. The number of aryl methyl sites for hydroxylation is 1. The molecule has 2 heteroatoms. The van der Waals surface area contributed by atoms with Gasteiger partial charge in [0.15, 0.2) is 0 Å². The lowest BCUT2D eigenvalue weighted by atomic mass is 9.97. The van der Waals surface area contributed by atoms with Crippen LogP contribution in [-0.2, 0) is 0 Å². The molecule has 0 aromatic heterocycles. The van der Waals surface area contributed by atoms with E-state index in [1.54, 1.807) is 5.49 Å². The molecule has 0 aliphatic carbocycles. The minimum atomic E-state index is 1.04. The third kappa shape index (κ3) is 6.47. The van der Waals surface area contributed by atoms with Gasteiger partial charge in [-0.1, -0.05) is 60.6 Å². The number of hydrogen-bond donors (Lipinski definition) is 0. The van der Waals surface area contributed by atoms with Crippen LogP contribution in [0.3, 0.4) is 0 Å². The monoisotopic (exact) mass is 353 g/mol. The smallest absolute Gasteiger partial charge is 0.0682 e. The predicted molar refractivity (Wildman–Crippen MR) is 118 cm³/mol. The molecule has 0 saturated carbocycles. The van der Waals surface area contributed by atoms with E-state index < -0.39 is 0 Å². The Hall–Kier alpha value is -1.93. The van der Waals surface area contributed by atoms with Crippen molar-refractivity contribution in [3.63, 3.8) is 0 Å². The molecule has 1 rings (SSSR count). The summed E-state index contributed by atoms with van der Waals surface area (Å²) in [6.07, 6.45) is 9.96. The normalized spacial score (nSPS) is 12.8. The molecule has 0 atom stereocenters. The molecule has 1 aromatic rings. The van der Waals surface area contributed by atoms with Crippen molar-refractivity contribution in [2.45, 2.75) is 48.0 Å². The van der Waals surface area contributed by atoms with Crippen LogP contribution in [0.5, 0.6) is 0 Å². The van der Waals surface area contributed by atoms with Crippen LogP contribution in [0.1, 0.15) is 52.2 Å². The second kappa shape index (κ2) is 10.1. The number of anilines is 1. The van der Waals surface area contributed by atoms with Gasteiger partial charge in [-0.3, -0.25) is 0 Å². The quantitative estimate of drug-likeness (QED) is 0.382. The average Bonchev–Trinajstić information content (AvgIpc) is 2.57. The lowest BCUT2D eigenvalue weighted by Crippen LogP contribution is -2.14. The summed E-state index contributed by atoms with van der Waals surface area (Å²) < 4.78 is 0. The zero-order valence-corrected chi connectivity index (χ0v) is 17.5. The summed E-state index contributed by atoms with van der Waals surface area (Å²) in [4.78, 5) is 2.00. The highest BCUT2D eigenvalue weighted by atomic mass is 32.1. The molecule has 0 saturated heterocycles. The van der Waals surface area contributed by atoms with Gasteiger partial charge in [-0.15, -0.1) is 0 Å². The van der Waals surface area contributed by atoms with Gasteiger partial charge in [-0.2, -0.15) is 0 Å². The second-order valence-electron chi connectivity index (χ2n) is 6.73. The van der Waals surface area contributed by atoms with E-state index in [-0.39, 0.29) is 0 Å². The van der Waals surface area contributed by atoms with Crippen LogP contribution in [0.25, 0.3) is 5.57 Å². The van der Waals surface area contributed by atoms with Crippen molar-refractivity contribution in [1.82, 2.24) is 0 Å².